The van der Waals surface area contributed by atoms with Gasteiger partial charge >= 0.3 is 5.97 Å². The number of rotatable bonds is 4. The van der Waals surface area contributed by atoms with Crippen LogP contribution in [0.4, 0.5) is 0 Å². The summed E-state index contributed by atoms with van der Waals surface area (Å²) < 4.78 is 4.85. The van der Waals surface area contributed by atoms with Gasteiger partial charge in [-0.3, -0.25) is 4.79 Å². The third-order valence-corrected chi connectivity index (χ3v) is 3.33. The van der Waals surface area contributed by atoms with Gasteiger partial charge in [0, 0.05) is 10.9 Å². The third kappa shape index (κ3) is 2.77. The summed E-state index contributed by atoms with van der Waals surface area (Å²) in [5.74, 6) is -1.41. The Kier molecular flexibility index (Phi) is 3.99. The number of primary amides is 1. The van der Waals surface area contributed by atoms with E-state index in [1.807, 2.05) is 0 Å². The topological polar surface area (TPSA) is 103 Å². The van der Waals surface area contributed by atoms with Crippen LogP contribution in [-0.2, 0) is 4.74 Å². The van der Waals surface area contributed by atoms with Crippen molar-refractivity contribution in [2.75, 3.05) is 6.61 Å². The van der Waals surface area contributed by atoms with E-state index in [0.717, 1.165) is 11.3 Å². The number of aromatic nitrogens is 1. The fraction of sp³-hybridized carbons (Fsp3) is 0.154. The van der Waals surface area contributed by atoms with Crippen molar-refractivity contribution in [3.63, 3.8) is 0 Å². The number of phenols is 1. The van der Waals surface area contributed by atoms with E-state index in [0.29, 0.717) is 11.3 Å². The molecule has 7 heteroatoms. The van der Waals surface area contributed by atoms with E-state index < -0.39 is 11.9 Å². The highest BCUT2D eigenvalue weighted by Gasteiger charge is 2.15. The second-order valence-electron chi connectivity index (χ2n) is 3.85. The number of carbonyl (C=O) groups is 2. The van der Waals surface area contributed by atoms with Gasteiger partial charge in [0.15, 0.2) is 0 Å². The van der Waals surface area contributed by atoms with Gasteiger partial charge in [-0.15, -0.1) is 11.3 Å². The molecule has 0 spiro atoms. The first-order valence-electron chi connectivity index (χ1n) is 5.78. The van der Waals surface area contributed by atoms with Crippen molar-refractivity contribution in [1.29, 1.82) is 0 Å². The van der Waals surface area contributed by atoms with Gasteiger partial charge in [-0.05, 0) is 25.1 Å². The molecule has 1 aromatic heterocycles. The molecule has 1 heterocycles. The van der Waals surface area contributed by atoms with Crippen molar-refractivity contribution in [3.05, 3.63) is 34.2 Å². The molecule has 0 saturated carbocycles. The second kappa shape index (κ2) is 5.70. The number of ether oxygens (including phenoxy) is 1. The summed E-state index contributed by atoms with van der Waals surface area (Å²) in [5, 5.41) is 11.4. The van der Waals surface area contributed by atoms with Crippen molar-refractivity contribution in [2.24, 2.45) is 5.73 Å². The first kappa shape index (κ1) is 14.0. The number of esters is 1. The van der Waals surface area contributed by atoms with Crippen molar-refractivity contribution in [2.45, 2.75) is 6.92 Å². The van der Waals surface area contributed by atoms with Gasteiger partial charge in [-0.1, -0.05) is 0 Å². The molecule has 2 rings (SSSR count). The van der Waals surface area contributed by atoms with Gasteiger partial charge in [0.1, 0.15) is 5.75 Å². The quantitative estimate of drug-likeness (QED) is 0.836. The summed E-state index contributed by atoms with van der Waals surface area (Å²) in [7, 11) is 0. The summed E-state index contributed by atoms with van der Waals surface area (Å²) in [6.45, 7) is 1.99. The van der Waals surface area contributed by atoms with Gasteiger partial charge in [0.2, 0.25) is 5.01 Å². The van der Waals surface area contributed by atoms with Crippen LogP contribution in [0.3, 0.4) is 0 Å². The standard InChI is InChI=1S/C13H12N2O4S/c1-2-19-13(18)12-15-9(6-20-12)7-3-4-10(16)8(5-7)11(14)17/h3-6,16H,2H2,1H3,(H2,14,17). The number of nitrogens with two attached hydrogens (primary N) is 1. The molecule has 104 valence electrons. The lowest BCUT2D eigenvalue weighted by Gasteiger charge is -2.02. The molecule has 2 aromatic rings. The molecule has 0 radical (unpaired) electrons. The summed E-state index contributed by atoms with van der Waals surface area (Å²) in [6, 6.07) is 4.38. The zero-order chi connectivity index (χ0) is 14.7. The fourth-order valence-corrected chi connectivity index (χ4v) is 2.30. The molecule has 0 fully saturated rings. The average molecular weight is 292 g/mol. The van der Waals surface area contributed by atoms with E-state index in [4.69, 9.17) is 10.5 Å². The number of nitrogens with zero attached hydrogens (tertiary/aromatic N) is 1. The maximum absolute atomic E-state index is 11.5. The van der Waals surface area contributed by atoms with E-state index in [2.05, 4.69) is 4.98 Å². The van der Waals surface area contributed by atoms with Crippen LogP contribution in [0, 0.1) is 0 Å². The molecule has 0 saturated heterocycles. The minimum atomic E-state index is -0.731. The Labute approximate surface area is 118 Å². The smallest absolute Gasteiger partial charge is 0.367 e. The molecule has 3 N–H and O–H groups in total. The molecular weight excluding hydrogens is 280 g/mol. The molecule has 0 aliphatic heterocycles. The van der Waals surface area contributed by atoms with Gasteiger partial charge in [0.25, 0.3) is 5.91 Å². The van der Waals surface area contributed by atoms with Crippen molar-refractivity contribution in [3.8, 4) is 17.0 Å². The lowest BCUT2D eigenvalue weighted by atomic mass is 10.1. The number of carbonyl (C=O) groups excluding carboxylic acids is 2. The SMILES string of the molecule is CCOC(=O)c1nc(-c2ccc(O)c(C(N)=O)c2)cs1. The van der Waals surface area contributed by atoms with Crippen molar-refractivity contribution < 1.29 is 19.4 Å². The van der Waals surface area contributed by atoms with E-state index in [1.54, 1.807) is 18.4 Å². The molecule has 0 aliphatic carbocycles. The normalized spacial score (nSPS) is 10.2. The third-order valence-electron chi connectivity index (χ3n) is 2.51. The van der Waals surface area contributed by atoms with Crippen molar-refractivity contribution in [1.82, 2.24) is 4.98 Å². The Hall–Kier alpha value is -2.41. The molecule has 1 amide bonds. The summed E-state index contributed by atoms with van der Waals surface area (Å²) in [4.78, 5) is 26.8. The van der Waals surface area contributed by atoms with Crippen molar-refractivity contribution >= 4 is 23.2 Å². The van der Waals surface area contributed by atoms with Gasteiger partial charge in [-0.2, -0.15) is 0 Å². The summed E-state index contributed by atoms with van der Waals surface area (Å²) >= 11 is 1.15. The number of aromatic hydroxyl groups is 1. The minimum Gasteiger partial charge on any atom is -0.507 e. The second-order valence-corrected chi connectivity index (χ2v) is 4.71. The van der Waals surface area contributed by atoms with E-state index in [1.165, 1.54) is 12.1 Å². The van der Waals surface area contributed by atoms with Crippen LogP contribution in [-0.4, -0.2) is 28.6 Å². The zero-order valence-electron chi connectivity index (χ0n) is 10.6. The Morgan fingerprint density at radius 2 is 2.20 bits per heavy atom. The number of thiazole rings is 1. The number of hydrogen-bond acceptors (Lipinski definition) is 6. The molecule has 0 atom stereocenters. The Morgan fingerprint density at radius 3 is 2.85 bits per heavy atom. The molecule has 20 heavy (non-hydrogen) atoms. The fourth-order valence-electron chi connectivity index (χ4n) is 1.59. The van der Waals surface area contributed by atoms with Gasteiger partial charge < -0.3 is 15.6 Å². The first-order valence-corrected chi connectivity index (χ1v) is 6.66. The Morgan fingerprint density at radius 1 is 1.45 bits per heavy atom. The molecule has 6 nitrogen and oxygen atoms in total. The van der Waals surface area contributed by atoms with Crippen LogP contribution in [0.25, 0.3) is 11.3 Å². The highest BCUT2D eigenvalue weighted by atomic mass is 32.1. The maximum atomic E-state index is 11.5. The van der Waals surface area contributed by atoms with Crippen LogP contribution in [0.2, 0.25) is 0 Å². The molecule has 0 unspecified atom stereocenters. The molecule has 0 bridgehead atoms. The highest BCUT2D eigenvalue weighted by molar-refractivity contribution is 7.11. The summed E-state index contributed by atoms with van der Waals surface area (Å²) in [5.41, 5.74) is 6.27. The van der Waals surface area contributed by atoms with E-state index in [-0.39, 0.29) is 22.9 Å². The van der Waals surface area contributed by atoms with Crippen LogP contribution < -0.4 is 5.73 Å². The van der Waals surface area contributed by atoms with E-state index >= 15 is 0 Å². The Bertz CT molecular complexity index is 666. The van der Waals surface area contributed by atoms with E-state index in [9.17, 15) is 14.7 Å². The largest absolute Gasteiger partial charge is 0.507 e. The average Bonchev–Trinajstić information content (AvgIpc) is 2.89. The summed E-state index contributed by atoms with van der Waals surface area (Å²) in [6.07, 6.45) is 0. The minimum absolute atomic E-state index is 0.00758. The van der Waals surface area contributed by atoms with Gasteiger partial charge in [-0.25, -0.2) is 9.78 Å². The number of hydrogen-bond donors (Lipinski definition) is 2. The zero-order valence-corrected chi connectivity index (χ0v) is 11.4. The molecule has 0 aliphatic rings. The van der Waals surface area contributed by atoms with Crippen LogP contribution >= 0.6 is 11.3 Å². The molecular formula is C13H12N2O4S. The predicted molar refractivity (Wildman–Crippen MR) is 73.7 cm³/mol. The lowest BCUT2D eigenvalue weighted by molar-refractivity contribution is 0.0526. The Balaban J connectivity index is 2.35. The highest BCUT2D eigenvalue weighted by Crippen LogP contribution is 2.27. The monoisotopic (exact) mass is 292 g/mol. The molecule has 1 aromatic carbocycles. The lowest BCUT2D eigenvalue weighted by Crippen LogP contribution is -2.11. The number of amides is 1. The van der Waals surface area contributed by atoms with Crippen LogP contribution in [0.15, 0.2) is 23.6 Å². The first-order chi connectivity index (χ1) is 9.52. The maximum Gasteiger partial charge on any atom is 0.367 e. The number of benzene rings is 1. The predicted octanol–water partition coefficient (Wildman–Crippen LogP) is 1.79. The van der Waals surface area contributed by atoms with Crippen LogP contribution in [0.1, 0.15) is 27.1 Å². The van der Waals surface area contributed by atoms with Crippen LogP contribution in [0.5, 0.6) is 5.75 Å². The van der Waals surface area contributed by atoms with Gasteiger partial charge in [0.05, 0.1) is 17.9 Å².